The summed E-state index contributed by atoms with van der Waals surface area (Å²) < 4.78 is 11.7. The second-order valence-electron chi connectivity index (χ2n) is 8.47. The lowest BCUT2D eigenvalue weighted by molar-refractivity contribution is -0.123. The number of carbonyl (C=O) groups is 2. The molecule has 0 spiro atoms. The summed E-state index contributed by atoms with van der Waals surface area (Å²) >= 11 is 13.1. The minimum Gasteiger partial charge on any atom is -0.490 e. The van der Waals surface area contributed by atoms with Gasteiger partial charge in [0.25, 0.3) is 11.1 Å². The molecule has 4 rings (SSSR count). The van der Waals surface area contributed by atoms with Gasteiger partial charge in [-0.05, 0) is 78.9 Å². The van der Waals surface area contributed by atoms with E-state index < -0.39 is 0 Å². The highest BCUT2D eigenvalue weighted by molar-refractivity contribution is 8.18. The number of nitrogens with zero attached hydrogens (tertiary/aromatic N) is 1. The molecular formula is C26H27Cl2NO4S. The Morgan fingerprint density at radius 1 is 1.00 bits per heavy atom. The number of thioether (sulfide) groups is 1. The monoisotopic (exact) mass is 519 g/mol. The second-order valence-corrected chi connectivity index (χ2v) is 10.3. The summed E-state index contributed by atoms with van der Waals surface area (Å²) in [6.45, 7) is 3.18. The standard InChI is InChI=1S/C26H27Cl2NO4S/c1-2-32-23-13-18(9-11-22(23)33-16-19-8-10-20(27)21(28)12-19)14-24-25(30)29(26(31)34-24)15-17-6-4-3-5-7-17/h8-14,17H,2-7,15-16H2,1H3/b24-14+. The zero-order chi connectivity index (χ0) is 24.1. The maximum absolute atomic E-state index is 12.9. The first-order valence-electron chi connectivity index (χ1n) is 11.5. The quantitative estimate of drug-likeness (QED) is 0.336. The fourth-order valence-corrected chi connectivity index (χ4v) is 5.40. The number of hydrogen-bond donors (Lipinski definition) is 0. The molecule has 0 bridgehead atoms. The molecule has 0 unspecified atom stereocenters. The van der Waals surface area contributed by atoms with Gasteiger partial charge in [-0.2, -0.15) is 0 Å². The molecule has 0 radical (unpaired) electrons. The highest BCUT2D eigenvalue weighted by Crippen LogP contribution is 2.36. The average molecular weight is 520 g/mol. The molecule has 8 heteroatoms. The molecule has 0 atom stereocenters. The van der Waals surface area contributed by atoms with Gasteiger partial charge in [-0.3, -0.25) is 14.5 Å². The second kappa shape index (κ2) is 11.5. The van der Waals surface area contributed by atoms with Crippen LogP contribution in [0.25, 0.3) is 6.08 Å². The molecule has 1 heterocycles. The van der Waals surface area contributed by atoms with Crippen LogP contribution >= 0.6 is 35.0 Å². The largest absolute Gasteiger partial charge is 0.490 e. The Labute approximate surface area is 214 Å². The van der Waals surface area contributed by atoms with Crippen molar-refractivity contribution in [2.75, 3.05) is 13.2 Å². The molecule has 2 fully saturated rings. The first-order chi connectivity index (χ1) is 16.4. The predicted molar refractivity (Wildman–Crippen MR) is 138 cm³/mol. The molecule has 2 aromatic rings. The van der Waals surface area contributed by atoms with E-state index in [0.29, 0.717) is 52.1 Å². The van der Waals surface area contributed by atoms with E-state index in [0.717, 1.165) is 35.7 Å². The minimum atomic E-state index is -0.210. The third kappa shape index (κ3) is 6.09. The van der Waals surface area contributed by atoms with Crippen LogP contribution in [0.3, 0.4) is 0 Å². The van der Waals surface area contributed by atoms with Crippen molar-refractivity contribution < 1.29 is 19.1 Å². The molecule has 180 valence electrons. The number of imide groups is 1. The van der Waals surface area contributed by atoms with Gasteiger partial charge >= 0.3 is 0 Å². The molecule has 0 N–H and O–H groups in total. The first-order valence-corrected chi connectivity index (χ1v) is 13.1. The van der Waals surface area contributed by atoms with Crippen LogP contribution in [0.2, 0.25) is 10.0 Å². The lowest BCUT2D eigenvalue weighted by Gasteiger charge is -2.25. The van der Waals surface area contributed by atoms with Gasteiger partial charge in [0, 0.05) is 6.54 Å². The van der Waals surface area contributed by atoms with E-state index in [1.54, 1.807) is 24.3 Å². The Bertz CT molecular complexity index is 1100. The molecule has 1 saturated heterocycles. The molecule has 0 aromatic heterocycles. The molecule has 1 aliphatic heterocycles. The van der Waals surface area contributed by atoms with Crippen LogP contribution in [0, 0.1) is 5.92 Å². The summed E-state index contributed by atoms with van der Waals surface area (Å²) in [6, 6.07) is 10.8. The van der Waals surface area contributed by atoms with Crippen LogP contribution in [-0.2, 0) is 11.4 Å². The summed E-state index contributed by atoms with van der Waals surface area (Å²) in [6.07, 6.45) is 7.52. The summed E-state index contributed by atoms with van der Waals surface area (Å²) in [4.78, 5) is 27.3. The molecule has 2 aliphatic rings. The van der Waals surface area contributed by atoms with E-state index in [9.17, 15) is 9.59 Å². The lowest BCUT2D eigenvalue weighted by Crippen LogP contribution is -2.34. The summed E-state index contributed by atoms with van der Waals surface area (Å²) in [5.74, 6) is 1.35. The average Bonchev–Trinajstić information content (AvgIpc) is 3.09. The van der Waals surface area contributed by atoms with Crippen molar-refractivity contribution in [3.63, 3.8) is 0 Å². The van der Waals surface area contributed by atoms with Crippen molar-refractivity contribution in [1.29, 1.82) is 0 Å². The number of ether oxygens (including phenoxy) is 2. The Hall–Kier alpha value is -2.15. The Morgan fingerprint density at radius 3 is 2.53 bits per heavy atom. The van der Waals surface area contributed by atoms with Crippen molar-refractivity contribution in [2.24, 2.45) is 5.92 Å². The van der Waals surface area contributed by atoms with E-state index in [2.05, 4.69) is 0 Å². The van der Waals surface area contributed by atoms with Crippen LogP contribution in [0.15, 0.2) is 41.3 Å². The highest BCUT2D eigenvalue weighted by Gasteiger charge is 2.36. The van der Waals surface area contributed by atoms with Gasteiger partial charge in [-0.15, -0.1) is 0 Å². The predicted octanol–water partition coefficient (Wildman–Crippen LogP) is 7.59. The molecule has 5 nitrogen and oxygen atoms in total. The van der Waals surface area contributed by atoms with Gasteiger partial charge in [-0.1, -0.05) is 54.6 Å². The Kier molecular flexibility index (Phi) is 8.46. The topological polar surface area (TPSA) is 55.8 Å². The number of rotatable bonds is 8. The molecule has 1 saturated carbocycles. The van der Waals surface area contributed by atoms with E-state index in [1.807, 2.05) is 25.1 Å². The van der Waals surface area contributed by atoms with Gasteiger partial charge in [0.2, 0.25) is 0 Å². The van der Waals surface area contributed by atoms with E-state index in [1.165, 1.54) is 24.2 Å². The molecule has 1 aliphatic carbocycles. The zero-order valence-corrected chi connectivity index (χ0v) is 21.3. The summed E-state index contributed by atoms with van der Waals surface area (Å²) in [5.41, 5.74) is 1.65. The highest BCUT2D eigenvalue weighted by atomic mass is 35.5. The smallest absolute Gasteiger partial charge is 0.293 e. The SMILES string of the molecule is CCOc1cc(/C=C2/SC(=O)N(CC3CCCCC3)C2=O)ccc1OCc1ccc(Cl)c(Cl)c1. The van der Waals surface area contributed by atoms with Gasteiger partial charge in [0.15, 0.2) is 11.5 Å². The lowest BCUT2D eigenvalue weighted by atomic mass is 9.89. The maximum atomic E-state index is 12.9. The van der Waals surface area contributed by atoms with Crippen molar-refractivity contribution in [3.05, 3.63) is 62.5 Å². The molecule has 2 aromatic carbocycles. The van der Waals surface area contributed by atoms with Crippen molar-refractivity contribution in [1.82, 2.24) is 4.90 Å². The van der Waals surface area contributed by atoms with E-state index in [-0.39, 0.29) is 11.1 Å². The van der Waals surface area contributed by atoms with Gasteiger partial charge < -0.3 is 9.47 Å². The number of benzene rings is 2. The number of amides is 2. The van der Waals surface area contributed by atoms with Gasteiger partial charge in [-0.25, -0.2) is 0 Å². The van der Waals surface area contributed by atoms with Crippen LogP contribution in [0.4, 0.5) is 4.79 Å². The van der Waals surface area contributed by atoms with E-state index in [4.69, 9.17) is 32.7 Å². The van der Waals surface area contributed by atoms with Crippen LogP contribution in [0.1, 0.15) is 50.2 Å². The minimum absolute atomic E-state index is 0.187. The number of carbonyl (C=O) groups excluding carboxylic acids is 2. The first kappa shape index (κ1) is 25.0. The molecule has 34 heavy (non-hydrogen) atoms. The van der Waals surface area contributed by atoms with E-state index >= 15 is 0 Å². The van der Waals surface area contributed by atoms with Gasteiger partial charge in [0.1, 0.15) is 6.61 Å². The molecule has 2 amide bonds. The van der Waals surface area contributed by atoms with Crippen molar-refractivity contribution >= 4 is 52.2 Å². The Morgan fingerprint density at radius 2 is 1.79 bits per heavy atom. The zero-order valence-electron chi connectivity index (χ0n) is 19.0. The van der Waals surface area contributed by atoms with Crippen LogP contribution in [-0.4, -0.2) is 29.2 Å². The Balaban J connectivity index is 1.47. The third-order valence-corrected chi connectivity index (χ3v) is 7.63. The van der Waals surface area contributed by atoms with Crippen molar-refractivity contribution in [2.45, 2.75) is 45.6 Å². The maximum Gasteiger partial charge on any atom is 0.293 e. The fraction of sp³-hybridized carbons (Fsp3) is 0.385. The van der Waals surface area contributed by atoms with Crippen LogP contribution < -0.4 is 9.47 Å². The van der Waals surface area contributed by atoms with Crippen molar-refractivity contribution in [3.8, 4) is 11.5 Å². The fourth-order valence-electron chi connectivity index (χ4n) is 4.23. The number of hydrogen-bond acceptors (Lipinski definition) is 5. The molecular weight excluding hydrogens is 493 g/mol. The summed E-state index contributed by atoms with van der Waals surface area (Å²) in [7, 11) is 0. The third-order valence-electron chi connectivity index (χ3n) is 5.98. The number of halogens is 2. The summed E-state index contributed by atoms with van der Waals surface area (Å²) in [5, 5.41) is 0.780. The van der Waals surface area contributed by atoms with Gasteiger partial charge in [0.05, 0.1) is 21.6 Å². The van der Waals surface area contributed by atoms with Crippen LogP contribution in [0.5, 0.6) is 11.5 Å². The normalized spacial score (nSPS) is 18.1.